The molecular weight excluding hydrogens is 498 g/mol. The fourth-order valence-corrected chi connectivity index (χ4v) is 4.79. The van der Waals surface area contributed by atoms with Crippen molar-refractivity contribution in [3.8, 4) is 5.75 Å². The van der Waals surface area contributed by atoms with Gasteiger partial charge < -0.3 is 10.5 Å². The van der Waals surface area contributed by atoms with Crippen LogP contribution < -0.4 is 10.5 Å². The average molecular weight is 522 g/mol. The summed E-state index contributed by atoms with van der Waals surface area (Å²) < 4.78 is 86.7. The third-order valence-electron chi connectivity index (χ3n) is 6.68. The summed E-state index contributed by atoms with van der Waals surface area (Å²) in [6.07, 6.45) is -9.54. The SMILES string of the molecule is [N-]=[N+]=NCc1ccc(Cc2ccc3c(C(F)(F)F)c(OC4CCC(C(F)(F)F)CC4)ccc3c2)cc1N. The lowest BCUT2D eigenvalue weighted by Crippen LogP contribution is -2.32. The Kier molecular flexibility index (Phi) is 7.45. The number of halogens is 6. The van der Waals surface area contributed by atoms with Gasteiger partial charge in [-0.2, -0.15) is 26.3 Å². The number of hydrogen-bond donors (Lipinski definition) is 1. The molecule has 0 saturated heterocycles. The zero-order valence-corrected chi connectivity index (χ0v) is 19.6. The van der Waals surface area contributed by atoms with Gasteiger partial charge in [0.05, 0.1) is 18.6 Å². The maximum atomic E-state index is 14.1. The van der Waals surface area contributed by atoms with Crippen molar-refractivity contribution in [2.75, 3.05) is 5.73 Å². The molecule has 0 bridgehead atoms. The van der Waals surface area contributed by atoms with Crippen LogP contribution >= 0.6 is 0 Å². The summed E-state index contributed by atoms with van der Waals surface area (Å²) in [6.45, 7) is 0.118. The molecule has 11 heteroatoms. The standard InChI is InChI=1S/C26H24F6N4O/c27-25(28,29)19-5-7-20(8-6-19)37-23-10-4-17-12-15(2-9-21(17)24(23)26(30,31)32)11-16-1-3-18(14-35-36-34)22(33)13-16/h1-4,9-10,12-13,19-20H,5-8,11,14,33H2. The lowest BCUT2D eigenvalue weighted by molar-refractivity contribution is -0.185. The molecule has 1 saturated carbocycles. The first-order chi connectivity index (χ1) is 17.5. The van der Waals surface area contributed by atoms with Crippen LogP contribution in [0.1, 0.15) is 47.9 Å². The second-order valence-corrected chi connectivity index (χ2v) is 9.22. The maximum Gasteiger partial charge on any atom is 0.420 e. The molecule has 0 amide bonds. The van der Waals surface area contributed by atoms with Crippen molar-refractivity contribution < 1.29 is 31.1 Å². The molecule has 0 heterocycles. The van der Waals surface area contributed by atoms with Crippen molar-refractivity contribution in [1.82, 2.24) is 0 Å². The molecule has 0 aromatic heterocycles. The first-order valence-electron chi connectivity index (χ1n) is 11.7. The Hall–Kier alpha value is -3.59. The Morgan fingerprint density at radius 3 is 2.22 bits per heavy atom. The second kappa shape index (κ2) is 10.4. The summed E-state index contributed by atoms with van der Waals surface area (Å²) in [4.78, 5) is 2.71. The highest BCUT2D eigenvalue weighted by Gasteiger charge is 2.42. The van der Waals surface area contributed by atoms with Crippen molar-refractivity contribution in [1.29, 1.82) is 0 Å². The van der Waals surface area contributed by atoms with E-state index >= 15 is 0 Å². The van der Waals surface area contributed by atoms with Crippen LogP contribution in [0.15, 0.2) is 53.6 Å². The largest absolute Gasteiger partial charge is 0.490 e. The van der Waals surface area contributed by atoms with Gasteiger partial charge in [-0.15, -0.1) is 0 Å². The summed E-state index contributed by atoms with van der Waals surface area (Å²) in [5, 5.41) is 3.82. The van der Waals surface area contributed by atoms with Crippen LogP contribution in [0.3, 0.4) is 0 Å². The van der Waals surface area contributed by atoms with Crippen LogP contribution in [0.5, 0.6) is 5.75 Å². The topological polar surface area (TPSA) is 84.0 Å². The predicted molar refractivity (Wildman–Crippen MR) is 128 cm³/mol. The highest BCUT2D eigenvalue weighted by atomic mass is 19.4. The van der Waals surface area contributed by atoms with Gasteiger partial charge in [0.2, 0.25) is 0 Å². The lowest BCUT2D eigenvalue weighted by atomic mass is 9.87. The van der Waals surface area contributed by atoms with Crippen LogP contribution in [0.4, 0.5) is 32.0 Å². The molecule has 196 valence electrons. The third-order valence-corrected chi connectivity index (χ3v) is 6.68. The van der Waals surface area contributed by atoms with Gasteiger partial charge in [0.25, 0.3) is 0 Å². The molecule has 3 aromatic rings. The predicted octanol–water partition coefficient (Wildman–Crippen LogP) is 8.34. The molecule has 0 unspecified atom stereocenters. The first-order valence-corrected chi connectivity index (χ1v) is 11.7. The van der Waals surface area contributed by atoms with E-state index in [0.29, 0.717) is 23.1 Å². The highest BCUT2D eigenvalue weighted by molar-refractivity contribution is 5.89. The Balaban J connectivity index is 1.57. The number of nitrogens with two attached hydrogens (primary N) is 1. The number of benzene rings is 3. The number of alkyl halides is 6. The third kappa shape index (κ3) is 6.22. The molecule has 5 nitrogen and oxygen atoms in total. The van der Waals surface area contributed by atoms with Crippen molar-refractivity contribution in [3.63, 3.8) is 0 Å². The summed E-state index contributed by atoms with van der Waals surface area (Å²) >= 11 is 0. The van der Waals surface area contributed by atoms with Crippen molar-refractivity contribution in [2.45, 2.75) is 57.1 Å². The number of anilines is 1. The first kappa shape index (κ1) is 26.5. The molecular formula is C26H24F6N4O. The summed E-state index contributed by atoms with van der Waals surface area (Å²) in [6, 6.07) is 12.7. The number of hydrogen-bond acceptors (Lipinski definition) is 3. The number of ether oxygens (including phenoxy) is 1. The normalized spacial score (nSPS) is 18.4. The molecule has 0 atom stereocenters. The minimum atomic E-state index is -4.71. The minimum absolute atomic E-state index is 0.0399. The van der Waals surface area contributed by atoms with Crippen LogP contribution in [-0.2, 0) is 19.1 Å². The van der Waals surface area contributed by atoms with Crippen LogP contribution in [0.2, 0.25) is 0 Å². The molecule has 1 aliphatic rings. The van der Waals surface area contributed by atoms with Gasteiger partial charge in [0.1, 0.15) is 11.3 Å². The smallest absolute Gasteiger partial charge is 0.420 e. The van der Waals surface area contributed by atoms with Gasteiger partial charge in [-0.3, -0.25) is 0 Å². The van der Waals surface area contributed by atoms with E-state index in [1.165, 1.54) is 18.2 Å². The Morgan fingerprint density at radius 1 is 0.919 bits per heavy atom. The van der Waals surface area contributed by atoms with Gasteiger partial charge in [0, 0.05) is 10.6 Å². The second-order valence-electron chi connectivity index (χ2n) is 9.22. The molecule has 37 heavy (non-hydrogen) atoms. The quantitative estimate of drug-likeness (QED) is 0.116. The molecule has 0 spiro atoms. The van der Waals surface area contributed by atoms with Crippen LogP contribution in [-0.4, -0.2) is 12.3 Å². The van der Waals surface area contributed by atoms with Gasteiger partial charge >= 0.3 is 12.4 Å². The van der Waals surface area contributed by atoms with E-state index in [-0.39, 0.29) is 43.4 Å². The lowest BCUT2D eigenvalue weighted by Gasteiger charge is -2.31. The van der Waals surface area contributed by atoms with Crippen molar-refractivity contribution >= 4 is 16.5 Å². The molecule has 2 N–H and O–H groups in total. The van der Waals surface area contributed by atoms with E-state index in [1.807, 2.05) is 6.07 Å². The van der Waals surface area contributed by atoms with Crippen LogP contribution in [0.25, 0.3) is 21.2 Å². The number of nitrogens with zero attached hydrogens (tertiary/aromatic N) is 3. The zero-order chi connectivity index (χ0) is 26.8. The number of fused-ring (bicyclic) bond motifs is 1. The Labute approximate surface area is 208 Å². The Morgan fingerprint density at radius 2 is 1.59 bits per heavy atom. The van der Waals surface area contributed by atoms with E-state index in [1.54, 1.807) is 24.3 Å². The van der Waals surface area contributed by atoms with Gasteiger partial charge in [0.15, 0.2) is 0 Å². The van der Waals surface area contributed by atoms with Crippen molar-refractivity contribution in [2.24, 2.45) is 11.0 Å². The van der Waals surface area contributed by atoms with E-state index < -0.39 is 29.9 Å². The fraction of sp³-hybridized carbons (Fsp3) is 0.385. The molecule has 1 fully saturated rings. The maximum absolute atomic E-state index is 14.1. The number of rotatable bonds is 6. The number of nitrogen functional groups attached to an aromatic ring is 1. The molecule has 0 aliphatic heterocycles. The summed E-state index contributed by atoms with van der Waals surface area (Å²) in [5.41, 5.74) is 16.3. The van der Waals surface area contributed by atoms with Crippen molar-refractivity contribution in [3.05, 3.63) is 81.2 Å². The molecule has 1 aliphatic carbocycles. The average Bonchev–Trinajstić information content (AvgIpc) is 2.82. The molecule has 4 rings (SSSR count). The zero-order valence-electron chi connectivity index (χ0n) is 19.6. The van der Waals surface area contributed by atoms with E-state index in [9.17, 15) is 26.3 Å². The van der Waals surface area contributed by atoms with Gasteiger partial charge in [-0.25, -0.2) is 0 Å². The Bertz CT molecular complexity index is 1320. The van der Waals surface area contributed by atoms with E-state index in [0.717, 1.165) is 11.1 Å². The fourth-order valence-electron chi connectivity index (χ4n) is 4.79. The molecule has 3 aromatic carbocycles. The van der Waals surface area contributed by atoms with E-state index in [2.05, 4.69) is 10.0 Å². The van der Waals surface area contributed by atoms with Gasteiger partial charge in [-0.1, -0.05) is 41.5 Å². The van der Waals surface area contributed by atoms with Gasteiger partial charge in [-0.05, 0) is 77.2 Å². The number of azide groups is 1. The minimum Gasteiger partial charge on any atom is -0.490 e. The van der Waals surface area contributed by atoms with E-state index in [4.69, 9.17) is 16.0 Å². The molecule has 0 radical (unpaired) electrons. The highest BCUT2D eigenvalue weighted by Crippen LogP contribution is 2.44. The monoisotopic (exact) mass is 522 g/mol. The summed E-state index contributed by atoms with van der Waals surface area (Å²) in [5.74, 6) is -1.81. The van der Waals surface area contributed by atoms with Crippen LogP contribution in [0, 0.1) is 5.92 Å². The summed E-state index contributed by atoms with van der Waals surface area (Å²) in [7, 11) is 0.